The van der Waals surface area contributed by atoms with E-state index in [1.54, 1.807) is 25.3 Å². The second-order valence-corrected chi connectivity index (χ2v) is 5.95. The number of hydrogen-bond donors (Lipinski definition) is 0. The molecular formula is C16H18ClNO2. The van der Waals surface area contributed by atoms with Gasteiger partial charge in [0.2, 0.25) is 0 Å². The topological polar surface area (TPSA) is 29.5 Å². The van der Waals surface area contributed by atoms with Gasteiger partial charge < -0.3 is 9.64 Å². The minimum absolute atomic E-state index is 0.0266. The summed E-state index contributed by atoms with van der Waals surface area (Å²) in [5.74, 6) is 1.83. The van der Waals surface area contributed by atoms with E-state index in [1.807, 2.05) is 4.90 Å². The lowest BCUT2D eigenvalue weighted by Gasteiger charge is -2.18. The van der Waals surface area contributed by atoms with Crippen molar-refractivity contribution in [3.8, 4) is 5.75 Å². The molecular weight excluding hydrogens is 274 g/mol. The van der Waals surface area contributed by atoms with Crippen LogP contribution in [0.1, 0.15) is 23.2 Å². The van der Waals surface area contributed by atoms with Crippen molar-refractivity contribution >= 4 is 17.5 Å². The highest BCUT2D eigenvalue weighted by atomic mass is 35.5. The zero-order chi connectivity index (χ0) is 14.1. The number of ether oxygens (including phenoxy) is 1. The van der Waals surface area contributed by atoms with E-state index in [1.165, 1.54) is 0 Å². The maximum absolute atomic E-state index is 12.7. The third kappa shape index (κ3) is 2.42. The van der Waals surface area contributed by atoms with Gasteiger partial charge in [-0.25, -0.2) is 0 Å². The highest BCUT2D eigenvalue weighted by Gasteiger charge is 2.36. The molecule has 106 valence electrons. The Labute approximate surface area is 124 Å². The molecule has 20 heavy (non-hydrogen) atoms. The van der Waals surface area contributed by atoms with E-state index >= 15 is 0 Å². The van der Waals surface area contributed by atoms with Crippen molar-refractivity contribution in [2.75, 3.05) is 20.2 Å². The van der Waals surface area contributed by atoms with Crippen molar-refractivity contribution in [3.05, 3.63) is 40.9 Å². The summed E-state index contributed by atoms with van der Waals surface area (Å²) in [7, 11) is 1.58. The Bertz CT molecular complexity index is 539. The second-order valence-electron chi connectivity index (χ2n) is 5.52. The Morgan fingerprint density at radius 1 is 1.25 bits per heavy atom. The van der Waals surface area contributed by atoms with Crippen molar-refractivity contribution in [1.82, 2.24) is 4.90 Å². The Hall–Kier alpha value is -1.48. The summed E-state index contributed by atoms with van der Waals surface area (Å²) >= 11 is 6.01. The molecule has 0 spiro atoms. The molecule has 4 heteroatoms. The van der Waals surface area contributed by atoms with Crippen molar-refractivity contribution in [3.63, 3.8) is 0 Å². The van der Waals surface area contributed by atoms with Gasteiger partial charge in [0.05, 0.1) is 12.7 Å². The number of halogens is 1. The van der Waals surface area contributed by atoms with E-state index in [4.69, 9.17) is 16.3 Å². The van der Waals surface area contributed by atoms with Crippen LogP contribution in [0.3, 0.4) is 0 Å². The summed E-state index contributed by atoms with van der Waals surface area (Å²) in [5, 5.41) is 0.562. The SMILES string of the molecule is COc1ccc(Cl)cc1C(=O)N1CC2CC=CCC2C1. The molecule has 0 aromatic heterocycles. The van der Waals surface area contributed by atoms with Crippen LogP contribution in [-0.2, 0) is 0 Å². The Morgan fingerprint density at radius 3 is 2.50 bits per heavy atom. The molecule has 0 N–H and O–H groups in total. The summed E-state index contributed by atoms with van der Waals surface area (Å²) < 4.78 is 5.28. The molecule has 1 fully saturated rings. The molecule has 1 aromatic rings. The second kappa shape index (κ2) is 5.49. The van der Waals surface area contributed by atoms with E-state index in [-0.39, 0.29) is 5.91 Å². The summed E-state index contributed by atoms with van der Waals surface area (Å²) in [4.78, 5) is 14.6. The summed E-state index contributed by atoms with van der Waals surface area (Å²) in [5.41, 5.74) is 0.562. The quantitative estimate of drug-likeness (QED) is 0.782. The monoisotopic (exact) mass is 291 g/mol. The number of rotatable bonds is 2. The lowest BCUT2D eigenvalue weighted by molar-refractivity contribution is 0.0781. The zero-order valence-corrected chi connectivity index (χ0v) is 12.3. The lowest BCUT2D eigenvalue weighted by Crippen LogP contribution is -2.29. The molecule has 1 aliphatic heterocycles. The van der Waals surface area contributed by atoms with Crippen LogP contribution in [0.5, 0.6) is 5.75 Å². The molecule has 2 atom stereocenters. The summed E-state index contributed by atoms with van der Waals surface area (Å²) in [6.07, 6.45) is 6.63. The maximum Gasteiger partial charge on any atom is 0.257 e. The molecule has 1 saturated heterocycles. The molecule has 1 heterocycles. The predicted molar refractivity (Wildman–Crippen MR) is 79.3 cm³/mol. The highest BCUT2D eigenvalue weighted by molar-refractivity contribution is 6.31. The van der Waals surface area contributed by atoms with Gasteiger partial charge in [-0.3, -0.25) is 4.79 Å². The molecule has 0 radical (unpaired) electrons. The summed E-state index contributed by atoms with van der Waals surface area (Å²) in [6, 6.07) is 5.19. The van der Waals surface area contributed by atoms with Gasteiger partial charge in [-0.1, -0.05) is 23.8 Å². The Morgan fingerprint density at radius 2 is 1.90 bits per heavy atom. The predicted octanol–water partition coefficient (Wildman–Crippen LogP) is 3.39. The fraction of sp³-hybridized carbons (Fsp3) is 0.438. The molecule has 3 rings (SSSR count). The number of carbonyl (C=O) groups excluding carboxylic acids is 1. The number of fused-ring (bicyclic) bond motifs is 1. The third-order valence-corrected chi connectivity index (χ3v) is 4.54. The van der Waals surface area contributed by atoms with Crippen LogP contribution < -0.4 is 4.74 Å². The van der Waals surface area contributed by atoms with Crippen molar-refractivity contribution < 1.29 is 9.53 Å². The molecule has 1 aliphatic carbocycles. The van der Waals surface area contributed by atoms with Crippen LogP contribution in [0.15, 0.2) is 30.4 Å². The van der Waals surface area contributed by atoms with Gasteiger partial charge in [0, 0.05) is 18.1 Å². The maximum atomic E-state index is 12.7. The van der Waals surface area contributed by atoms with Crippen molar-refractivity contribution in [2.24, 2.45) is 11.8 Å². The van der Waals surface area contributed by atoms with Gasteiger partial charge in [-0.05, 0) is 42.9 Å². The van der Waals surface area contributed by atoms with Crippen LogP contribution in [0.2, 0.25) is 5.02 Å². The first kappa shape index (κ1) is 13.5. The number of benzene rings is 1. The molecule has 2 aliphatic rings. The van der Waals surface area contributed by atoms with Crippen LogP contribution in [0.25, 0.3) is 0 Å². The third-order valence-electron chi connectivity index (χ3n) is 4.30. The van der Waals surface area contributed by atoms with E-state index in [0.29, 0.717) is 28.2 Å². The number of nitrogens with zero attached hydrogens (tertiary/aromatic N) is 1. The van der Waals surface area contributed by atoms with Gasteiger partial charge in [0.1, 0.15) is 5.75 Å². The van der Waals surface area contributed by atoms with E-state index in [9.17, 15) is 4.79 Å². The van der Waals surface area contributed by atoms with Crippen LogP contribution >= 0.6 is 11.6 Å². The average Bonchev–Trinajstić information content (AvgIpc) is 2.90. The number of methoxy groups -OCH3 is 1. The molecule has 0 saturated carbocycles. The van der Waals surface area contributed by atoms with Gasteiger partial charge in [0.15, 0.2) is 0 Å². The first-order valence-corrected chi connectivity index (χ1v) is 7.34. The smallest absolute Gasteiger partial charge is 0.257 e. The van der Waals surface area contributed by atoms with Gasteiger partial charge in [-0.15, -0.1) is 0 Å². The number of hydrogen-bond acceptors (Lipinski definition) is 2. The lowest BCUT2D eigenvalue weighted by atomic mass is 9.86. The highest BCUT2D eigenvalue weighted by Crippen LogP contribution is 2.34. The van der Waals surface area contributed by atoms with E-state index in [2.05, 4.69) is 12.2 Å². The van der Waals surface area contributed by atoms with Gasteiger partial charge in [0.25, 0.3) is 5.91 Å². The number of allylic oxidation sites excluding steroid dienone is 2. The average molecular weight is 292 g/mol. The first-order valence-electron chi connectivity index (χ1n) is 6.97. The molecule has 1 amide bonds. The van der Waals surface area contributed by atoms with E-state index in [0.717, 1.165) is 25.9 Å². The largest absolute Gasteiger partial charge is 0.496 e. The fourth-order valence-corrected chi connectivity index (χ4v) is 3.37. The van der Waals surface area contributed by atoms with Crippen molar-refractivity contribution in [1.29, 1.82) is 0 Å². The zero-order valence-electron chi connectivity index (χ0n) is 11.5. The standard InChI is InChI=1S/C16H18ClNO2/c1-20-15-7-6-13(17)8-14(15)16(19)18-9-11-4-2-3-5-12(11)10-18/h2-3,6-8,11-12H,4-5,9-10H2,1H3. The Balaban J connectivity index is 1.82. The van der Waals surface area contributed by atoms with Crippen LogP contribution in [0.4, 0.5) is 0 Å². The van der Waals surface area contributed by atoms with Gasteiger partial charge >= 0.3 is 0 Å². The summed E-state index contributed by atoms with van der Waals surface area (Å²) in [6.45, 7) is 1.67. The van der Waals surface area contributed by atoms with Crippen molar-refractivity contribution in [2.45, 2.75) is 12.8 Å². The minimum atomic E-state index is 0.0266. The number of likely N-dealkylation sites (tertiary alicyclic amines) is 1. The number of amides is 1. The minimum Gasteiger partial charge on any atom is -0.496 e. The van der Waals surface area contributed by atoms with Crippen LogP contribution in [-0.4, -0.2) is 31.0 Å². The normalized spacial score (nSPS) is 24.6. The van der Waals surface area contributed by atoms with E-state index < -0.39 is 0 Å². The van der Waals surface area contributed by atoms with Crippen LogP contribution in [0, 0.1) is 11.8 Å². The fourth-order valence-electron chi connectivity index (χ4n) is 3.20. The molecule has 1 aromatic carbocycles. The molecule has 0 bridgehead atoms. The van der Waals surface area contributed by atoms with Gasteiger partial charge in [-0.2, -0.15) is 0 Å². The molecule has 2 unspecified atom stereocenters. The Kier molecular flexibility index (Phi) is 3.70. The first-order chi connectivity index (χ1) is 9.69. The number of carbonyl (C=O) groups is 1. The molecule has 3 nitrogen and oxygen atoms in total.